The molecule has 1 aromatic heterocycles. The number of benzene rings is 2. The van der Waals surface area contributed by atoms with Crippen molar-refractivity contribution < 1.29 is 32.3 Å². The Bertz CT molecular complexity index is 1590. The highest BCUT2D eigenvalue weighted by atomic mass is 79.9. The number of sulfone groups is 1. The summed E-state index contributed by atoms with van der Waals surface area (Å²) >= 11 is 15.9. The number of ether oxygens (including phenoxy) is 2. The van der Waals surface area contributed by atoms with Gasteiger partial charge in [0.05, 0.1) is 17.6 Å². The average molecular weight is 687 g/mol. The molecular weight excluding hydrogens is 661 g/mol. The van der Waals surface area contributed by atoms with Crippen LogP contribution >= 0.6 is 39.1 Å². The molecule has 0 saturated carbocycles. The van der Waals surface area contributed by atoms with E-state index in [0.29, 0.717) is 5.69 Å². The molecule has 0 radical (unpaired) electrons. The van der Waals surface area contributed by atoms with Gasteiger partial charge in [-0.2, -0.15) is 0 Å². The molecule has 0 fully saturated rings. The van der Waals surface area contributed by atoms with Crippen LogP contribution in [0.25, 0.3) is 0 Å². The third kappa shape index (κ3) is 6.77. The predicted octanol–water partition coefficient (Wildman–Crippen LogP) is 5.25. The van der Waals surface area contributed by atoms with E-state index in [1.165, 1.54) is 35.6 Å². The summed E-state index contributed by atoms with van der Waals surface area (Å²) in [6.45, 7) is 3.72. The van der Waals surface area contributed by atoms with E-state index in [1.54, 1.807) is 19.1 Å². The Morgan fingerprint density at radius 2 is 1.71 bits per heavy atom. The van der Waals surface area contributed by atoms with E-state index in [1.807, 2.05) is 24.3 Å². The highest BCUT2D eigenvalue weighted by Gasteiger charge is 2.51. The molecule has 2 aromatic carbocycles. The van der Waals surface area contributed by atoms with Crippen LogP contribution in [-0.4, -0.2) is 54.3 Å². The number of halogens is 3. The lowest BCUT2D eigenvalue weighted by Gasteiger charge is -2.27. The fourth-order valence-corrected chi connectivity index (χ4v) is 7.00. The molecule has 0 N–H and O–H groups in total. The van der Waals surface area contributed by atoms with Gasteiger partial charge in [0.15, 0.2) is 14.9 Å². The minimum atomic E-state index is -4.10. The predicted molar refractivity (Wildman–Crippen MR) is 156 cm³/mol. The van der Waals surface area contributed by atoms with Crippen molar-refractivity contribution in [1.82, 2.24) is 9.55 Å². The van der Waals surface area contributed by atoms with Crippen molar-refractivity contribution >= 4 is 78.5 Å². The minimum Gasteiger partial charge on any atom is -0.462 e. The van der Waals surface area contributed by atoms with Gasteiger partial charge in [0.25, 0.3) is 5.91 Å². The van der Waals surface area contributed by atoms with Crippen LogP contribution in [0.4, 0.5) is 11.6 Å². The van der Waals surface area contributed by atoms with Gasteiger partial charge >= 0.3 is 11.9 Å². The van der Waals surface area contributed by atoms with Crippen molar-refractivity contribution in [2.45, 2.75) is 50.3 Å². The fourth-order valence-electron chi connectivity index (χ4n) is 4.66. The molecule has 2 heterocycles. The lowest BCUT2D eigenvalue weighted by molar-refractivity contribution is -0.156. The largest absolute Gasteiger partial charge is 0.462 e. The molecule has 218 valence electrons. The smallest absolute Gasteiger partial charge is 0.303 e. The second-order valence-electron chi connectivity index (χ2n) is 9.72. The molecule has 2 unspecified atom stereocenters. The molecule has 41 heavy (non-hydrogen) atoms. The van der Waals surface area contributed by atoms with E-state index in [9.17, 15) is 22.8 Å². The van der Waals surface area contributed by atoms with Gasteiger partial charge in [0.2, 0.25) is 5.95 Å². The van der Waals surface area contributed by atoms with Crippen molar-refractivity contribution in [1.29, 1.82) is 0 Å². The zero-order valence-corrected chi connectivity index (χ0v) is 26.2. The quantitative estimate of drug-likeness (QED) is 0.265. The van der Waals surface area contributed by atoms with Crippen LogP contribution in [0, 0.1) is 0 Å². The van der Waals surface area contributed by atoms with Crippen LogP contribution in [-0.2, 0) is 45.7 Å². The molecule has 2 atom stereocenters. The van der Waals surface area contributed by atoms with Crippen LogP contribution in [0.2, 0.25) is 10.0 Å². The van der Waals surface area contributed by atoms with Gasteiger partial charge in [-0.05, 0) is 42.8 Å². The number of carbonyl (C=O) groups excluding carboxylic acids is 3. The molecule has 4 rings (SSSR count). The Balaban J connectivity index is 1.77. The number of hydrogen-bond donors (Lipinski definition) is 0. The standard InChI is InChI=1S/C27H26BrCl2N3O7S/c1-16(34)39-15-23(40-17(2)35)8-9-41(37,38)24-14-31-26-32(22-11-20(29)10-21(30)12-22)25(36)27(3,33(24)26)13-18-4-6-19(28)7-5-18/h4-7,10-12,14,23H,8-9,13,15H2,1-3H3. The third-order valence-corrected chi connectivity index (χ3v) is 9.13. The Labute approximate surface area is 255 Å². The van der Waals surface area contributed by atoms with E-state index in [2.05, 4.69) is 20.9 Å². The zero-order chi connectivity index (χ0) is 30.1. The van der Waals surface area contributed by atoms with Crippen molar-refractivity contribution in [2.75, 3.05) is 17.3 Å². The number of imidazole rings is 1. The molecule has 0 spiro atoms. The van der Waals surface area contributed by atoms with Gasteiger partial charge in [-0.3, -0.25) is 19.0 Å². The first-order chi connectivity index (χ1) is 19.2. The van der Waals surface area contributed by atoms with E-state index < -0.39 is 45.1 Å². The van der Waals surface area contributed by atoms with Gasteiger partial charge < -0.3 is 9.47 Å². The number of carbonyl (C=O) groups is 3. The van der Waals surface area contributed by atoms with Crippen LogP contribution in [0.15, 0.2) is 58.2 Å². The number of amides is 1. The number of anilines is 2. The molecule has 10 nitrogen and oxygen atoms in total. The molecule has 0 saturated heterocycles. The molecule has 14 heteroatoms. The molecule has 1 amide bonds. The maximum atomic E-state index is 14.1. The Morgan fingerprint density at radius 3 is 2.29 bits per heavy atom. The van der Waals surface area contributed by atoms with Gasteiger partial charge in [0.1, 0.15) is 18.2 Å². The summed E-state index contributed by atoms with van der Waals surface area (Å²) in [4.78, 5) is 42.6. The highest BCUT2D eigenvalue weighted by molar-refractivity contribution is 9.10. The zero-order valence-electron chi connectivity index (χ0n) is 22.3. The summed E-state index contributed by atoms with van der Waals surface area (Å²) in [7, 11) is -4.10. The van der Waals surface area contributed by atoms with Gasteiger partial charge in [0, 0.05) is 41.2 Å². The van der Waals surface area contributed by atoms with Crippen molar-refractivity contribution in [3.8, 4) is 0 Å². The first-order valence-corrected chi connectivity index (χ1v) is 15.6. The van der Waals surface area contributed by atoms with E-state index >= 15 is 0 Å². The third-order valence-electron chi connectivity index (χ3n) is 6.47. The van der Waals surface area contributed by atoms with E-state index in [4.69, 9.17) is 32.7 Å². The van der Waals surface area contributed by atoms with E-state index in [-0.39, 0.29) is 40.5 Å². The van der Waals surface area contributed by atoms with Crippen LogP contribution in [0.5, 0.6) is 0 Å². The number of aromatic nitrogens is 2. The minimum absolute atomic E-state index is 0.0861. The molecule has 1 aliphatic rings. The lowest BCUT2D eigenvalue weighted by atomic mass is 9.92. The van der Waals surface area contributed by atoms with E-state index in [0.717, 1.165) is 10.0 Å². The first-order valence-electron chi connectivity index (χ1n) is 12.4. The molecular formula is C27H26BrCl2N3O7S. The molecule has 0 bridgehead atoms. The van der Waals surface area contributed by atoms with Gasteiger partial charge in [-0.25, -0.2) is 18.3 Å². The van der Waals surface area contributed by atoms with Crippen LogP contribution < -0.4 is 4.90 Å². The molecule has 0 aliphatic carbocycles. The summed E-state index contributed by atoms with van der Waals surface area (Å²) in [6, 6.07) is 11.9. The number of fused-ring (bicyclic) bond motifs is 1. The maximum Gasteiger partial charge on any atom is 0.303 e. The summed E-state index contributed by atoms with van der Waals surface area (Å²) in [5.74, 6) is -2.05. The maximum absolute atomic E-state index is 14.1. The summed E-state index contributed by atoms with van der Waals surface area (Å²) in [5, 5.41) is 0.388. The fraction of sp³-hybridized carbons (Fsp3) is 0.333. The van der Waals surface area contributed by atoms with Crippen molar-refractivity contribution in [3.63, 3.8) is 0 Å². The first kappa shape index (κ1) is 31.0. The van der Waals surface area contributed by atoms with Crippen molar-refractivity contribution in [2.24, 2.45) is 0 Å². The number of nitrogens with zero attached hydrogens (tertiary/aromatic N) is 3. The summed E-state index contributed by atoms with van der Waals surface area (Å²) < 4.78 is 39.8. The summed E-state index contributed by atoms with van der Waals surface area (Å²) in [6.07, 6.45) is 0.218. The Hall–Kier alpha value is -2.93. The van der Waals surface area contributed by atoms with Gasteiger partial charge in [-0.1, -0.05) is 51.3 Å². The van der Waals surface area contributed by atoms with Crippen molar-refractivity contribution in [3.05, 3.63) is 68.7 Å². The van der Waals surface area contributed by atoms with Crippen LogP contribution in [0.3, 0.4) is 0 Å². The Morgan fingerprint density at radius 1 is 1.07 bits per heavy atom. The number of esters is 2. The normalized spacial score (nSPS) is 17.3. The summed E-state index contributed by atoms with van der Waals surface area (Å²) in [5.41, 5.74) is -0.280. The second-order valence-corrected chi connectivity index (χ2v) is 13.6. The number of hydrogen-bond acceptors (Lipinski definition) is 8. The lowest BCUT2D eigenvalue weighted by Crippen LogP contribution is -2.42. The SMILES string of the molecule is CC(=O)OCC(CCS(=O)(=O)c1cnc2n1C(C)(Cc1ccc(Br)cc1)C(=O)N2c1cc(Cl)cc(Cl)c1)OC(C)=O. The Kier molecular flexibility index (Phi) is 9.17. The average Bonchev–Trinajstić information content (AvgIpc) is 3.40. The number of rotatable bonds is 10. The second kappa shape index (κ2) is 12.1. The topological polar surface area (TPSA) is 125 Å². The molecule has 3 aromatic rings. The van der Waals surface area contributed by atoms with Crippen LogP contribution in [0.1, 0.15) is 32.8 Å². The monoisotopic (exact) mass is 685 g/mol. The molecule has 1 aliphatic heterocycles. The highest BCUT2D eigenvalue weighted by Crippen LogP contribution is 2.44. The van der Waals surface area contributed by atoms with Gasteiger partial charge in [-0.15, -0.1) is 0 Å².